The molecule has 0 radical (unpaired) electrons. The first-order valence-electron chi connectivity index (χ1n) is 9.68. The molecule has 0 unspecified atom stereocenters. The summed E-state index contributed by atoms with van der Waals surface area (Å²) in [6.07, 6.45) is 0.170. The molecule has 0 aliphatic carbocycles. The van der Waals surface area contributed by atoms with E-state index in [4.69, 9.17) is 9.47 Å². The Morgan fingerprint density at radius 2 is 1.24 bits per heavy atom. The van der Waals surface area contributed by atoms with Gasteiger partial charge in [0.15, 0.2) is 0 Å². The van der Waals surface area contributed by atoms with Gasteiger partial charge in [0.25, 0.3) is 0 Å². The molecule has 2 N–H and O–H groups in total. The zero-order chi connectivity index (χ0) is 24.5. The molecule has 0 bridgehead atoms. The predicted molar refractivity (Wildman–Crippen MR) is 112 cm³/mol. The Morgan fingerprint density at radius 1 is 0.788 bits per heavy atom. The Morgan fingerprint density at radius 3 is 1.64 bits per heavy atom. The zero-order valence-corrected chi connectivity index (χ0v) is 17.7. The van der Waals surface area contributed by atoms with Crippen LogP contribution in [0, 0.1) is 0 Å². The van der Waals surface area contributed by atoms with Gasteiger partial charge in [0.05, 0.1) is 11.4 Å². The number of carboxylic acids is 2. The number of ether oxygens (including phenoxy) is 2. The van der Waals surface area contributed by atoms with Crippen molar-refractivity contribution in [1.29, 1.82) is 0 Å². The summed E-state index contributed by atoms with van der Waals surface area (Å²) in [6, 6.07) is 7.41. The SMILES string of the molecule is CCCC(=O)Oc1ccc(N=Nc2ccc(OC(=O)CC(C)=O)c(C(=O)O)c2)cc1C(=O)O. The van der Waals surface area contributed by atoms with E-state index in [1.54, 1.807) is 6.92 Å². The maximum absolute atomic E-state index is 11.7. The molecule has 0 spiro atoms. The molecule has 0 fully saturated rings. The summed E-state index contributed by atoms with van der Waals surface area (Å²) in [4.78, 5) is 57.3. The highest BCUT2D eigenvalue weighted by atomic mass is 16.5. The number of esters is 2. The van der Waals surface area contributed by atoms with Crippen molar-refractivity contribution in [3.63, 3.8) is 0 Å². The lowest BCUT2D eigenvalue weighted by atomic mass is 10.1. The van der Waals surface area contributed by atoms with E-state index in [1.807, 2.05) is 0 Å². The molecule has 11 nitrogen and oxygen atoms in total. The van der Waals surface area contributed by atoms with Gasteiger partial charge in [-0.15, -0.1) is 0 Å². The molecule has 0 aliphatic rings. The molecule has 0 amide bonds. The largest absolute Gasteiger partial charge is 0.478 e. The number of azo groups is 1. The average Bonchev–Trinajstić information content (AvgIpc) is 2.73. The fraction of sp³-hybridized carbons (Fsp3) is 0.227. The number of carbonyl (C=O) groups is 5. The number of carboxylic acid groups (broad SMARTS) is 2. The maximum Gasteiger partial charge on any atom is 0.339 e. The van der Waals surface area contributed by atoms with Gasteiger partial charge in [-0.25, -0.2) is 9.59 Å². The van der Waals surface area contributed by atoms with Gasteiger partial charge in [0, 0.05) is 6.42 Å². The molecule has 2 aromatic carbocycles. The molecule has 2 aromatic rings. The van der Waals surface area contributed by atoms with E-state index in [-0.39, 0.29) is 40.4 Å². The number of ketones is 1. The molecule has 11 heteroatoms. The highest BCUT2D eigenvalue weighted by molar-refractivity contribution is 5.97. The third kappa shape index (κ3) is 7.35. The van der Waals surface area contributed by atoms with Crippen molar-refractivity contribution >= 4 is 41.0 Å². The lowest BCUT2D eigenvalue weighted by molar-refractivity contribution is -0.137. The van der Waals surface area contributed by atoms with Gasteiger partial charge in [0.2, 0.25) is 0 Å². The minimum Gasteiger partial charge on any atom is -0.478 e. The van der Waals surface area contributed by atoms with E-state index in [9.17, 15) is 34.2 Å². The standard InChI is InChI=1S/C22H20N2O9/c1-3-4-19(26)32-17-7-5-13(10-15(17)21(28)29)23-24-14-6-8-18(16(11-14)22(30)31)33-20(27)9-12(2)25/h5-8,10-11H,3-4,9H2,1-2H3,(H,28,29)(H,30,31). The Hall–Kier alpha value is -4.41. The Kier molecular flexibility index (Phi) is 8.49. The monoisotopic (exact) mass is 456 g/mol. The van der Waals surface area contributed by atoms with Crippen LogP contribution in [0.4, 0.5) is 11.4 Å². The van der Waals surface area contributed by atoms with Crippen LogP contribution in [0.25, 0.3) is 0 Å². The first-order valence-corrected chi connectivity index (χ1v) is 9.68. The lowest BCUT2D eigenvalue weighted by Crippen LogP contribution is -2.13. The second-order valence-electron chi connectivity index (χ2n) is 6.75. The molecule has 0 saturated heterocycles. The number of benzene rings is 2. The van der Waals surface area contributed by atoms with Gasteiger partial charge in [-0.1, -0.05) is 6.92 Å². The van der Waals surface area contributed by atoms with Crippen LogP contribution in [0.1, 0.15) is 53.8 Å². The van der Waals surface area contributed by atoms with Crippen LogP contribution in [0.5, 0.6) is 11.5 Å². The van der Waals surface area contributed by atoms with Gasteiger partial charge < -0.3 is 19.7 Å². The Balaban J connectivity index is 2.28. The molecule has 2 rings (SSSR count). The molecule has 0 saturated carbocycles. The lowest BCUT2D eigenvalue weighted by Gasteiger charge is -2.08. The van der Waals surface area contributed by atoms with Crippen molar-refractivity contribution in [1.82, 2.24) is 0 Å². The molecule has 33 heavy (non-hydrogen) atoms. The minimum absolute atomic E-state index is 0.0779. The van der Waals surface area contributed by atoms with Crippen molar-refractivity contribution in [3.8, 4) is 11.5 Å². The van der Waals surface area contributed by atoms with Gasteiger partial charge in [-0.2, -0.15) is 10.2 Å². The van der Waals surface area contributed by atoms with Crippen LogP contribution in [-0.2, 0) is 14.4 Å². The number of aromatic carboxylic acids is 2. The van der Waals surface area contributed by atoms with E-state index in [2.05, 4.69) is 10.2 Å². The summed E-state index contributed by atoms with van der Waals surface area (Å²) in [5.41, 5.74) is -0.492. The predicted octanol–water partition coefficient (Wildman–Crippen LogP) is 4.09. The smallest absolute Gasteiger partial charge is 0.339 e. The first kappa shape index (κ1) is 24.9. The summed E-state index contributed by atoms with van der Waals surface area (Å²) in [7, 11) is 0. The van der Waals surface area contributed by atoms with Crippen LogP contribution in [0.3, 0.4) is 0 Å². The van der Waals surface area contributed by atoms with E-state index in [1.165, 1.54) is 31.2 Å². The van der Waals surface area contributed by atoms with Crippen LogP contribution in [0.15, 0.2) is 46.6 Å². The normalized spacial score (nSPS) is 10.6. The molecule has 0 aromatic heterocycles. The topological polar surface area (TPSA) is 169 Å². The second-order valence-corrected chi connectivity index (χ2v) is 6.75. The second kappa shape index (κ2) is 11.3. The van der Waals surface area contributed by atoms with Crippen LogP contribution >= 0.6 is 0 Å². The van der Waals surface area contributed by atoms with Gasteiger partial charge in [-0.05, 0) is 49.7 Å². The van der Waals surface area contributed by atoms with E-state index < -0.39 is 36.1 Å². The Bertz CT molecular complexity index is 1140. The van der Waals surface area contributed by atoms with Crippen molar-refractivity contribution in [2.45, 2.75) is 33.1 Å². The number of hydrogen-bond acceptors (Lipinski definition) is 9. The molecule has 0 aliphatic heterocycles. The number of rotatable bonds is 10. The maximum atomic E-state index is 11.7. The fourth-order valence-electron chi connectivity index (χ4n) is 2.53. The first-order chi connectivity index (χ1) is 15.6. The third-order valence-electron chi connectivity index (χ3n) is 3.96. The molecule has 0 heterocycles. The summed E-state index contributed by atoms with van der Waals surface area (Å²) in [6.45, 7) is 2.97. The molecular weight excluding hydrogens is 436 g/mol. The molecular formula is C22H20N2O9. The number of hydrogen-bond donors (Lipinski definition) is 2. The van der Waals surface area contributed by atoms with Crippen molar-refractivity contribution in [2.24, 2.45) is 10.2 Å². The Labute approximate surface area is 187 Å². The summed E-state index contributed by atoms with van der Waals surface area (Å²) >= 11 is 0. The van der Waals surface area contributed by atoms with E-state index >= 15 is 0 Å². The zero-order valence-electron chi connectivity index (χ0n) is 17.7. The summed E-state index contributed by atoms with van der Waals surface area (Å²) in [5, 5.41) is 26.5. The number of Topliss-reactive ketones (excluding diaryl/α,β-unsaturated/α-hetero) is 1. The van der Waals surface area contributed by atoms with Crippen molar-refractivity contribution in [3.05, 3.63) is 47.5 Å². The van der Waals surface area contributed by atoms with Crippen LogP contribution < -0.4 is 9.47 Å². The minimum atomic E-state index is -1.40. The number of nitrogens with zero attached hydrogens (tertiary/aromatic N) is 2. The van der Waals surface area contributed by atoms with E-state index in [0.717, 1.165) is 12.1 Å². The van der Waals surface area contributed by atoms with Crippen LogP contribution in [0.2, 0.25) is 0 Å². The van der Waals surface area contributed by atoms with Gasteiger partial charge in [0.1, 0.15) is 34.8 Å². The number of carbonyl (C=O) groups excluding carboxylic acids is 3. The average molecular weight is 456 g/mol. The molecule has 172 valence electrons. The highest BCUT2D eigenvalue weighted by Crippen LogP contribution is 2.29. The van der Waals surface area contributed by atoms with E-state index in [0.29, 0.717) is 6.42 Å². The van der Waals surface area contributed by atoms with Gasteiger partial charge in [-0.3, -0.25) is 14.4 Å². The fourth-order valence-corrected chi connectivity index (χ4v) is 2.53. The van der Waals surface area contributed by atoms with Crippen molar-refractivity contribution < 1.29 is 43.7 Å². The third-order valence-corrected chi connectivity index (χ3v) is 3.96. The van der Waals surface area contributed by atoms with Crippen LogP contribution in [-0.4, -0.2) is 39.9 Å². The van der Waals surface area contributed by atoms with Crippen molar-refractivity contribution in [2.75, 3.05) is 0 Å². The summed E-state index contributed by atoms with van der Waals surface area (Å²) in [5.74, 6) is -5.04. The quantitative estimate of drug-likeness (QED) is 0.231. The summed E-state index contributed by atoms with van der Waals surface area (Å²) < 4.78 is 9.98. The molecule has 0 atom stereocenters. The van der Waals surface area contributed by atoms with Gasteiger partial charge >= 0.3 is 23.9 Å². The highest BCUT2D eigenvalue weighted by Gasteiger charge is 2.17.